The van der Waals surface area contributed by atoms with Crippen molar-refractivity contribution in [2.24, 2.45) is 11.3 Å². The van der Waals surface area contributed by atoms with Crippen LogP contribution in [0.15, 0.2) is 24.3 Å². The Hall–Kier alpha value is -0.520. The standard InChI is InChI=1S/C16H28/c1-6-14(4)7-10-16(13(2)3)11-8-15(5)9-12-16/h14H,2,5-12H2,1,3-4H3. The quantitative estimate of drug-likeness (QED) is 0.536. The van der Waals surface area contributed by atoms with Gasteiger partial charge in [0.2, 0.25) is 0 Å². The van der Waals surface area contributed by atoms with Crippen LogP contribution in [0.2, 0.25) is 0 Å². The van der Waals surface area contributed by atoms with Crippen molar-refractivity contribution in [1.29, 1.82) is 0 Å². The molecular formula is C16H28. The Kier molecular flexibility index (Phi) is 4.83. The minimum atomic E-state index is 0.435. The second kappa shape index (κ2) is 5.70. The molecule has 0 saturated heterocycles. The third-order valence-corrected chi connectivity index (χ3v) is 4.63. The second-order valence-corrected chi connectivity index (χ2v) is 5.86. The first-order valence-corrected chi connectivity index (χ1v) is 6.83. The first-order valence-electron chi connectivity index (χ1n) is 6.83. The zero-order chi connectivity index (χ0) is 12.2. The van der Waals surface area contributed by atoms with Crippen LogP contribution in [0.25, 0.3) is 0 Å². The summed E-state index contributed by atoms with van der Waals surface area (Å²) in [6, 6.07) is 0. The normalized spacial score (nSPS) is 21.8. The van der Waals surface area contributed by atoms with Crippen LogP contribution in [0.3, 0.4) is 0 Å². The van der Waals surface area contributed by atoms with E-state index in [1.165, 1.54) is 56.1 Å². The van der Waals surface area contributed by atoms with Crippen LogP contribution in [-0.4, -0.2) is 0 Å². The van der Waals surface area contributed by atoms with Crippen molar-refractivity contribution < 1.29 is 0 Å². The molecule has 0 aromatic carbocycles. The molecule has 0 aromatic heterocycles. The van der Waals surface area contributed by atoms with Crippen molar-refractivity contribution >= 4 is 0 Å². The Morgan fingerprint density at radius 3 is 2.38 bits per heavy atom. The van der Waals surface area contributed by atoms with E-state index in [0.717, 1.165) is 5.92 Å². The maximum absolute atomic E-state index is 4.25. The van der Waals surface area contributed by atoms with Crippen molar-refractivity contribution in [2.75, 3.05) is 0 Å². The van der Waals surface area contributed by atoms with Gasteiger partial charge in [0.25, 0.3) is 0 Å². The van der Waals surface area contributed by atoms with E-state index in [1.807, 2.05) is 0 Å². The summed E-state index contributed by atoms with van der Waals surface area (Å²) in [5, 5.41) is 0. The first-order chi connectivity index (χ1) is 7.50. The molecule has 0 aromatic rings. The molecule has 1 unspecified atom stereocenters. The van der Waals surface area contributed by atoms with Gasteiger partial charge in [0, 0.05) is 0 Å². The van der Waals surface area contributed by atoms with Crippen molar-refractivity contribution in [2.45, 2.75) is 65.7 Å². The molecule has 0 aliphatic heterocycles. The van der Waals surface area contributed by atoms with Crippen LogP contribution in [0.5, 0.6) is 0 Å². The van der Waals surface area contributed by atoms with E-state index in [-0.39, 0.29) is 0 Å². The molecule has 0 heterocycles. The molecule has 1 atom stereocenters. The molecule has 0 radical (unpaired) electrons. The Labute approximate surface area is 102 Å². The lowest BCUT2D eigenvalue weighted by Crippen LogP contribution is -2.26. The summed E-state index contributed by atoms with van der Waals surface area (Å²) in [4.78, 5) is 0. The predicted molar refractivity (Wildman–Crippen MR) is 73.5 cm³/mol. The molecule has 0 spiro atoms. The van der Waals surface area contributed by atoms with Crippen molar-refractivity contribution in [3.05, 3.63) is 24.3 Å². The van der Waals surface area contributed by atoms with Crippen LogP contribution in [-0.2, 0) is 0 Å². The minimum Gasteiger partial charge on any atom is -0.0999 e. The summed E-state index contributed by atoms with van der Waals surface area (Å²) in [6.45, 7) is 15.3. The fourth-order valence-corrected chi connectivity index (χ4v) is 2.70. The molecule has 1 rings (SSSR count). The molecule has 92 valence electrons. The molecule has 1 aliphatic carbocycles. The van der Waals surface area contributed by atoms with Crippen LogP contribution in [0.1, 0.15) is 65.7 Å². The Balaban J connectivity index is 2.59. The van der Waals surface area contributed by atoms with Gasteiger partial charge in [0.15, 0.2) is 0 Å². The van der Waals surface area contributed by atoms with Gasteiger partial charge in [-0.25, -0.2) is 0 Å². The molecule has 0 bridgehead atoms. The SMILES string of the molecule is C=C1CCC(CCC(C)CC)(C(=C)C)CC1. The first kappa shape index (κ1) is 13.5. The lowest BCUT2D eigenvalue weighted by molar-refractivity contribution is 0.230. The minimum absolute atomic E-state index is 0.435. The highest BCUT2D eigenvalue weighted by molar-refractivity contribution is 5.14. The van der Waals surface area contributed by atoms with Gasteiger partial charge in [-0.05, 0) is 56.8 Å². The number of rotatable bonds is 5. The van der Waals surface area contributed by atoms with Gasteiger partial charge >= 0.3 is 0 Å². The van der Waals surface area contributed by atoms with Crippen LogP contribution >= 0.6 is 0 Å². The summed E-state index contributed by atoms with van der Waals surface area (Å²) in [6.07, 6.45) is 9.01. The Bertz CT molecular complexity index is 249. The highest BCUT2D eigenvalue weighted by atomic mass is 14.4. The van der Waals surface area contributed by atoms with E-state index in [1.54, 1.807) is 0 Å². The van der Waals surface area contributed by atoms with Crippen molar-refractivity contribution in [1.82, 2.24) is 0 Å². The monoisotopic (exact) mass is 220 g/mol. The molecule has 0 heteroatoms. The zero-order valence-electron chi connectivity index (χ0n) is 11.4. The third-order valence-electron chi connectivity index (χ3n) is 4.63. The molecule has 1 fully saturated rings. The predicted octanol–water partition coefficient (Wildman–Crippen LogP) is 5.51. The second-order valence-electron chi connectivity index (χ2n) is 5.86. The fraction of sp³-hybridized carbons (Fsp3) is 0.750. The third kappa shape index (κ3) is 3.23. The van der Waals surface area contributed by atoms with E-state index >= 15 is 0 Å². The van der Waals surface area contributed by atoms with E-state index in [2.05, 4.69) is 33.9 Å². The average Bonchev–Trinajstić information content (AvgIpc) is 2.28. The average molecular weight is 220 g/mol. The summed E-state index contributed by atoms with van der Waals surface area (Å²) in [5.74, 6) is 0.862. The number of hydrogen-bond donors (Lipinski definition) is 0. The zero-order valence-corrected chi connectivity index (χ0v) is 11.4. The molecule has 1 aliphatic rings. The largest absolute Gasteiger partial charge is 0.0999 e. The highest BCUT2D eigenvalue weighted by Gasteiger charge is 2.33. The van der Waals surface area contributed by atoms with E-state index in [4.69, 9.17) is 0 Å². The lowest BCUT2D eigenvalue weighted by Gasteiger charge is -2.39. The molecule has 16 heavy (non-hydrogen) atoms. The fourth-order valence-electron chi connectivity index (χ4n) is 2.70. The number of hydrogen-bond acceptors (Lipinski definition) is 0. The van der Waals surface area contributed by atoms with Gasteiger partial charge in [-0.3, -0.25) is 0 Å². The van der Waals surface area contributed by atoms with Gasteiger partial charge < -0.3 is 0 Å². The van der Waals surface area contributed by atoms with E-state index in [0.29, 0.717) is 5.41 Å². The molecule has 1 saturated carbocycles. The Morgan fingerprint density at radius 1 is 1.38 bits per heavy atom. The van der Waals surface area contributed by atoms with Crippen LogP contribution in [0.4, 0.5) is 0 Å². The van der Waals surface area contributed by atoms with Gasteiger partial charge in [-0.15, -0.1) is 0 Å². The smallest absolute Gasteiger partial charge is 0.00873 e. The maximum Gasteiger partial charge on any atom is -0.00873 e. The topological polar surface area (TPSA) is 0 Å². The number of allylic oxidation sites excluding steroid dienone is 2. The van der Waals surface area contributed by atoms with Gasteiger partial charge in [0.05, 0.1) is 0 Å². The lowest BCUT2D eigenvalue weighted by atomic mass is 9.65. The van der Waals surface area contributed by atoms with E-state index in [9.17, 15) is 0 Å². The summed E-state index contributed by atoms with van der Waals surface area (Å²) in [5.41, 5.74) is 3.29. The summed E-state index contributed by atoms with van der Waals surface area (Å²) >= 11 is 0. The summed E-state index contributed by atoms with van der Waals surface area (Å²) in [7, 11) is 0. The maximum atomic E-state index is 4.25. The van der Waals surface area contributed by atoms with Gasteiger partial charge in [0.1, 0.15) is 0 Å². The van der Waals surface area contributed by atoms with Crippen molar-refractivity contribution in [3.63, 3.8) is 0 Å². The Morgan fingerprint density at radius 2 is 1.94 bits per heavy atom. The van der Waals surface area contributed by atoms with Gasteiger partial charge in [-0.1, -0.05) is 44.6 Å². The molecular weight excluding hydrogens is 192 g/mol. The molecule has 0 nitrogen and oxygen atoms in total. The van der Waals surface area contributed by atoms with Crippen LogP contribution in [0, 0.1) is 11.3 Å². The highest BCUT2D eigenvalue weighted by Crippen LogP contribution is 2.47. The molecule has 0 N–H and O–H groups in total. The van der Waals surface area contributed by atoms with Crippen molar-refractivity contribution in [3.8, 4) is 0 Å². The summed E-state index contributed by atoms with van der Waals surface area (Å²) < 4.78 is 0. The van der Waals surface area contributed by atoms with Gasteiger partial charge in [-0.2, -0.15) is 0 Å². The van der Waals surface area contributed by atoms with E-state index < -0.39 is 0 Å². The molecule has 0 amide bonds. The van der Waals surface area contributed by atoms with Crippen LogP contribution < -0.4 is 0 Å².